The smallest absolute Gasteiger partial charge is 0.123 e. The number of piperidine rings is 1. The van der Waals surface area contributed by atoms with Crippen LogP contribution < -0.4 is 0 Å². The number of pyridine rings is 1. The van der Waals surface area contributed by atoms with Gasteiger partial charge in [-0.1, -0.05) is 6.07 Å². The molecule has 0 saturated carbocycles. The van der Waals surface area contributed by atoms with Crippen molar-refractivity contribution >= 4 is 0 Å². The maximum atomic E-state index is 14.1. The minimum atomic E-state index is -0.187. The van der Waals surface area contributed by atoms with E-state index < -0.39 is 0 Å². The predicted octanol–water partition coefficient (Wildman–Crippen LogP) is 3.50. The van der Waals surface area contributed by atoms with Crippen LogP contribution in [0.3, 0.4) is 0 Å². The van der Waals surface area contributed by atoms with Gasteiger partial charge in [0.05, 0.1) is 11.4 Å². The van der Waals surface area contributed by atoms with Crippen LogP contribution in [0.4, 0.5) is 4.39 Å². The first kappa shape index (κ1) is 18.5. The number of aromatic nitrogens is 3. The van der Waals surface area contributed by atoms with Gasteiger partial charge in [-0.3, -0.25) is 14.8 Å². The molecule has 1 aromatic carbocycles. The second-order valence-corrected chi connectivity index (χ2v) is 8.27. The zero-order valence-electron chi connectivity index (χ0n) is 16.5. The Morgan fingerprint density at radius 2 is 1.93 bits per heavy atom. The van der Waals surface area contributed by atoms with Crippen LogP contribution in [0, 0.1) is 11.7 Å². The van der Waals surface area contributed by atoms with Gasteiger partial charge in [-0.25, -0.2) is 9.07 Å². The molecule has 0 spiro atoms. The predicted molar refractivity (Wildman–Crippen MR) is 110 cm³/mol. The van der Waals surface area contributed by atoms with Gasteiger partial charge < -0.3 is 0 Å². The first-order valence-corrected chi connectivity index (χ1v) is 10.4. The Hall–Kier alpha value is -2.57. The molecule has 0 aliphatic carbocycles. The van der Waals surface area contributed by atoms with Crippen LogP contribution in [0.15, 0.2) is 61.1 Å². The van der Waals surface area contributed by atoms with Gasteiger partial charge in [-0.2, -0.15) is 5.10 Å². The minimum absolute atomic E-state index is 0.187. The third-order valence-corrected chi connectivity index (χ3v) is 6.18. The highest BCUT2D eigenvalue weighted by Crippen LogP contribution is 2.31. The summed E-state index contributed by atoms with van der Waals surface area (Å²) in [5, 5.41) is 4.36. The molecule has 0 radical (unpaired) electrons. The van der Waals surface area contributed by atoms with Crippen molar-refractivity contribution in [2.45, 2.75) is 32.0 Å². The quantitative estimate of drug-likeness (QED) is 0.667. The summed E-state index contributed by atoms with van der Waals surface area (Å²) in [6.07, 6.45) is 8.02. The van der Waals surface area contributed by atoms with E-state index in [1.165, 1.54) is 18.9 Å². The number of benzene rings is 1. The van der Waals surface area contributed by atoms with Crippen molar-refractivity contribution in [3.63, 3.8) is 0 Å². The van der Waals surface area contributed by atoms with Gasteiger partial charge in [-0.05, 0) is 60.7 Å². The van der Waals surface area contributed by atoms with Gasteiger partial charge in [0.15, 0.2) is 0 Å². The van der Waals surface area contributed by atoms with Gasteiger partial charge in [-0.15, -0.1) is 0 Å². The Balaban J connectivity index is 1.35. The summed E-state index contributed by atoms with van der Waals surface area (Å²) in [5.74, 6) is 0.465. The molecular formula is C23H26FN5. The zero-order valence-corrected chi connectivity index (χ0v) is 16.5. The van der Waals surface area contributed by atoms with Crippen LogP contribution >= 0.6 is 0 Å². The highest BCUT2D eigenvalue weighted by Gasteiger charge is 2.35. The normalized spacial score (nSPS) is 22.7. The maximum Gasteiger partial charge on any atom is 0.123 e. The molecule has 0 unspecified atom stereocenters. The first-order chi connectivity index (χ1) is 14.2. The van der Waals surface area contributed by atoms with Crippen LogP contribution in [0.2, 0.25) is 0 Å². The van der Waals surface area contributed by atoms with Crippen molar-refractivity contribution in [1.82, 2.24) is 24.6 Å². The van der Waals surface area contributed by atoms with Crippen LogP contribution in [0.1, 0.15) is 24.1 Å². The van der Waals surface area contributed by atoms with E-state index in [0.717, 1.165) is 49.7 Å². The van der Waals surface area contributed by atoms with E-state index >= 15 is 0 Å². The largest absolute Gasteiger partial charge is 0.296 e. The molecule has 6 rings (SSSR count). The fourth-order valence-corrected chi connectivity index (χ4v) is 4.85. The number of halogens is 1. The third-order valence-electron chi connectivity index (χ3n) is 6.18. The summed E-state index contributed by atoms with van der Waals surface area (Å²) in [4.78, 5) is 9.60. The molecule has 3 aliphatic rings. The number of hydrogen-bond acceptors (Lipinski definition) is 4. The SMILES string of the molecule is Fc1ccc(-n2cccn2)c(CN2C[C@H]3CC[C@@H]2CN(Cc2ccccn2)C3)c1. The highest BCUT2D eigenvalue weighted by atomic mass is 19.1. The Labute approximate surface area is 170 Å². The molecule has 0 N–H and O–H groups in total. The summed E-state index contributed by atoms with van der Waals surface area (Å²) >= 11 is 0. The first-order valence-electron chi connectivity index (χ1n) is 10.4. The topological polar surface area (TPSA) is 37.2 Å². The minimum Gasteiger partial charge on any atom is -0.296 e. The van der Waals surface area contributed by atoms with E-state index in [9.17, 15) is 4.39 Å². The molecule has 2 bridgehead atoms. The standard InChI is InChI=1S/C23H26FN5/c24-20-6-8-23(29-11-3-10-26-29)19(12-20)15-28-14-18-5-7-22(28)17-27(13-18)16-21-4-1-2-9-25-21/h1-4,6,8-12,18,22H,5,7,13-17H2/t18-,22+/m0/s1. The highest BCUT2D eigenvalue weighted by molar-refractivity contribution is 5.40. The van der Waals surface area contributed by atoms with E-state index in [1.54, 1.807) is 12.3 Å². The lowest BCUT2D eigenvalue weighted by Gasteiger charge is -2.36. The second-order valence-electron chi connectivity index (χ2n) is 8.27. The Morgan fingerprint density at radius 1 is 0.966 bits per heavy atom. The molecule has 2 aromatic heterocycles. The summed E-state index contributed by atoms with van der Waals surface area (Å²) in [6, 6.07) is 13.5. The molecule has 150 valence electrons. The van der Waals surface area contributed by atoms with Gasteiger partial charge in [0.1, 0.15) is 5.82 Å². The molecule has 3 fully saturated rings. The molecule has 5 nitrogen and oxygen atoms in total. The fraction of sp³-hybridized carbons (Fsp3) is 0.391. The molecule has 3 saturated heterocycles. The Bertz CT molecular complexity index is 943. The van der Waals surface area contributed by atoms with E-state index in [0.29, 0.717) is 12.0 Å². The van der Waals surface area contributed by atoms with Crippen LogP contribution in [-0.2, 0) is 13.1 Å². The zero-order chi connectivity index (χ0) is 19.6. The summed E-state index contributed by atoms with van der Waals surface area (Å²) < 4.78 is 15.9. The van der Waals surface area contributed by atoms with Crippen LogP contribution in [0.5, 0.6) is 0 Å². The molecule has 2 atom stereocenters. The Kier molecular flexibility index (Phi) is 5.12. The van der Waals surface area contributed by atoms with Crippen molar-refractivity contribution in [2.24, 2.45) is 5.92 Å². The number of rotatable bonds is 5. The van der Waals surface area contributed by atoms with Crippen molar-refractivity contribution < 1.29 is 4.39 Å². The number of fused-ring (bicyclic) bond motifs is 4. The molecule has 3 aromatic rings. The van der Waals surface area contributed by atoms with Crippen molar-refractivity contribution in [3.05, 3.63) is 78.1 Å². The molecule has 6 heteroatoms. The molecule has 3 aliphatic heterocycles. The lowest BCUT2D eigenvalue weighted by Crippen LogP contribution is -2.43. The van der Waals surface area contributed by atoms with E-state index in [2.05, 4.69) is 32.0 Å². The summed E-state index contributed by atoms with van der Waals surface area (Å²) in [5.41, 5.74) is 3.09. The van der Waals surface area contributed by atoms with Gasteiger partial charge in [0.2, 0.25) is 0 Å². The monoisotopic (exact) mass is 391 g/mol. The van der Waals surface area contributed by atoms with Gasteiger partial charge in [0, 0.05) is 57.4 Å². The second kappa shape index (κ2) is 8.05. The van der Waals surface area contributed by atoms with E-state index in [1.807, 2.05) is 35.3 Å². The summed E-state index contributed by atoms with van der Waals surface area (Å²) in [7, 11) is 0. The molecular weight excluding hydrogens is 365 g/mol. The third kappa shape index (κ3) is 4.09. The maximum absolute atomic E-state index is 14.1. The molecule has 0 amide bonds. The average molecular weight is 391 g/mol. The van der Waals surface area contributed by atoms with Crippen LogP contribution in [-0.4, -0.2) is 50.2 Å². The van der Waals surface area contributed by atoms with Crippen LogP contribution in [0.25, 0.3) is 5.69 Å². The summed E-state index contributed by atoms with van der Waals surface area (Å²) in [6.45, 7) is 4.88. The molecule has 29 heavy (non-hydrogen) atoms. The lowest BCUT2D eigenvalue weighted by molar-refractivity contribution is 0.123. The average Bonchev–Trinajstić information content (AvgIpc) is 3.12. The van der Waals surface area contributed by atoms with E-state index in [-0.39, 0.29) is 5.82 Å². The van der Waals surface area contributed by atoms with E-state index in [4.69, 9.17) is 0 Å². The van der Waals surface area contributed by atoms with Gasteiger partial charge in [0.25, 0.3) is 0 Å². The number of hydrogen-bond donors (Lipinski definition) is 0. The lowest BCUT2D eigenvalue weighted by atomic mass is 9.94. The molecule has 5 heterocycles. The fourth-order valence-electron chi connectivity index (χ4n) is 4.85. The van der Waals surface area contributed by atoms with Crippen molar-refractivity contribution in [1.29, 1.82) is 0 Å². The van der Waals surface area contributed by atoms with Crippen molar-refractivity contribution in [2.75, 3.05) is 19.6 Å². The number of nitrogens with zero attached hydrogens (tertiary/aromatic N) is 5. The van der Waals surface area contributed by atoms with Crippen molar-refractivity contribution in [3.8, 4) is 5.69 Å². The Morgan fingerprint density at radius 3 is 2.76 bits per heavy atom. The van der Waals surface area contributed by atoms with Gasteiger partial charge >= 0.3 is 0 Å².